The molecule has 0 amide bonds. The number of rotatable bonds is 10. The van der Waals surface area contributed by atoms with Gasteiger partial charge < -0.3 is 14.2 Å². The van der Waals surface area contributed by atoms with Crippen LogP contribution in [0.15, 0.2) is 0 Å². The Balaban J connectivity index is 1.60. The molecule has 0 saturated heterocycles. The van der Waals surface area contributed by atoms with E-state index in [4.69, 9.17) is 14.2 Å². The summed E-state index contributed by atoms with van der Waals surface area (Å²) in [5.41, 5.74) is -0.654. The van der Waals surface area contributed by atoms with E-state index in [2.05, 4.69) is 0 Å². The zero-order chi connectivity index (χ0) is 20.3. The van der Waals surface area contributed by atoms with Crippen molar-refractivity contribution in [3.05, 3.63) is 0 Å². The summed E-state index contributed by atoms with van der Waals surface area (Å²) in [5, 5.41) is 0. The number of carbonyl (C=O) groups excluding carboxylic acids is 2. The molecular formula is C22H38O5. The second-order valence-electron chi connectivity index (χ2n) is 10.6. The molecule has 0 unspecified atom stereocenters. The largest absolute Gasteiger partial charge is 0.460 e. The maximum atomic E-state index is 12.0. The average molecular weight is 383 g/mol. The van der Waals surface area contributed by atoms with E-state index >= 15 is 0 Å². The van der Waals surface area contributed by atoms with E-state index < -0.39 is 11.2 Å². The smallest absolute Gasteiger partial charge is 0.306 e. The first-order valence-corrected chi connectivity index (χ1v) is 10.3. The fourth-order valence-corrected chi connectivity index (χ4v) is 3.43. The van der Waals surface area contributed by atoms with E-state index in [9.17, 15) is 9.59 Å². The van der Waals surface area contributed by atoms with E-state index in [1.54, 1.807) is 0 Å². The number of carbonyl (C=O) groups is 2. The molecule has 5 nitrogen and oxygen atoms in total. The van der Waals surface area contributed by atoms with E-state index in [0.29, 0.717) is 26.1 Å². The van der Waals surface area contributed by atoms with Crippen LogP contribution in [0.5, 0.6) is 0 Å². The molecule has 2 saturated carbocycles. The predicted octanol–water partition coefficient (Wildman–Crippen LogP) is 4.81. The normalized spacial score (nSPS) is 20.1. The highest BCUT2D eigenvalue weighted by Gasteiger charge is 2.46. The van der Waals surface area contributed by atoms with Crippen molar-refractivity contribution in [2.45, 2.75) is 104 Å². The van der Waals surface area contributed by atoms with E-state index in [1.165, 1.54) is 0 Å². The lowest BCUT2D eigenvalue weighted by atomic mass is 9.98. The van der Waals surface area contributed by atoms with Gasteiger partial charge in [0.2, 0.25) is 0 Å². The molecule has 0 atom stereocenters. The fraction of sp³-hybridized carbons (Fsp3) is 0.909. The van der Waals surface area contributed by atoms with Crippen molar-refractivity contribution in [3.63, 3.8) is 0 Å². The summed E-state index contributed by atoms with van der Waals surface area (Å²) in [6.45, 7) is 12.8. The molecule has 0 N–H and O–H groups in total. The van der Waals surface area contributed by atoms with Crippen LogP contribution < -0.4 is 0 Å². The minimum atomic E-state index is -0.420. The van der Waals surface area contributed by atoms with Crippen molar-refractivity contribution >= 4 is 11.9 Å². The number of hydrogen-bond donors (Lipinski definition) is 0. The SMILES string of the molecule is CC(C)(C)OC(=O)CC1(CCOCCC2(CC(=O)OC(C)(C)C)CC2)CC1. The summed E-state index contributed by atoms with van der Waals surface area (Å²) in [7, 11) is 0. The summed E-state index contributed by atoms with van der Waals surface area (Å²) in [6, 6.07) is 0. The van der Waals surface area contributed by atoms with Crippen LogP contribution >= 0.6 is 0 Å². The molecule has 0 aromatic heterocycles. The van der Waals surface area contributed by atoms with Crippen LogP contribution in [0.25, 0.3) is 0 Å². The van der Waals surface area contributed by atoms with Gasteiger partial charge in [-0.25, -0.2) is 0 Å². The monoisotopic (exact) mass is 382 g/mol. The minimum Gasteiger partial charge on any atom is -0.460 e. The van der Waals surface area contributed by atoms with Gasteiger partial charge in [-0.2, -0.15) is 0 Å². The lowest BCUT2D eigenvalue weighted by Crippen LogP contribution is -2.26. The summed E-state index contributed by atoms with van der Waals surface area (Å²) < 4.78 is 16.7. The molecule has 0 bridgehead atoms. The first-order chi connectivity index (χ1) is 12.3. The first-order valence-electron chi connectivity index (χ1n) is 10.3. The quantitative estimate of drug-likeness (QED) is 0.401. The predicted molar refractivity (Wildman–Crippen MR) is 104 cm³/mol. The third-order valence-electron chi connectivity index (χ3n) is 5.35. The van der Waals surface area contributed by atoms with Crippen molar-refractivity contribution in [1.82, 2.24) is 0 Å². The Morgan fingerprint density at radius 3 is 1.30 bits per heavy atom. The zero-order valence-corrected chi connectivity index (χ0v) is 18.1. The summed E-state index contributed by atoms with van der Waals surface area (Å²) in [4.78, 5) is 24.1. The van der Waals surface area contributed by atoms with Gasteiger partial charge in [0.05, 0.1) is 12.8 Å². The molecule has 0 radical (unpaired) electrons. The first kappa shape index (κ1) is 22.2. The third kappa shape index (κ3) is 8.63. The van der Waals surface area contributed by atoms with Crippen molar-refractivity contribution in [1.29, 1.82) is 0 Å². The highest BCUT2D eigenvalue weighted by Crippen LogP contribution is 2.53. The van der Waals surface area contributed by atoms with Gasteiger partial charge in [0, 0.05) is 13.2 Å². The highest BCUT2D eigenvalue weighted by atomic mass is 16.6. The summed E-state index contributed by atoms with van der Waals surface area (Å²) >= 11 is 0. The Labute approximate surface area is 164 Å². The van der Waals surface area contributed by atoms with Gasteiger partial charge in [0.1, 0.15) is 11.2 Å². The molecule has 0 aromatic carbocycles. The van der Waals surface area contributed by atoms with E-state index in [0.717, 1.165) is 38.5 Å². The molecule has 0 aromatic rings. The van der Waals surface area contributed by atoms with Crippen LogP contribution in [0.3, 0.4) is 0 Å². The summed E-state index contributed by atoms with van der Waals surface area (Å²) in [6.07, 6.45) is 7.13. The molecule has 2 rings (SSSR count). The Morgan fingerprint density at radius 1 is 0.704 bits per heavy atom. The molecule has 0 spiro atoms. The Kier molecular flexibility index (Phi) is 6.66. The second kappa shape index (κ2) is 8.10. The van der Waals surface area contributed by atoms with Crippen LogP contribution in [0.2, 0.25) is 0 Å². The fourth-order valence-electron chi connectivity index (χ4n) is 3.43. The van der Waals surface area contributed by atoms with Gasteiger partial charge in [-0.15, -0.1) is 0 Å². The molecular weight excluding hydrogens is 344 g/mol. The van der Waals surface area contributed by atoms with Gasteiger partial charge in [-0.05, 0) is 90.9 Å². The van der Waals surface area contributed by atoms with E-state index in [1.807, 2.05) is 41.5 Å². The zero-order valence-electron chi connectivity index (χ0n) is 18.1. The Hall–Kier alpha value is -1.10. The topological polar surface area (TPSA) is 61.8 Å². The van der Waals surface area contributed by atoms with E-state index in [-0.39, 0.29) is 22.8 Å². The molecule has 0 heterocycles. The molecule has 2 aliphatic rings. The van der Waals surface area contributed by atoms with Crippen LogP contribution in [0, 0.1) is 10.8 Å². The highest BCUT2D eigenvalue weighted by molar-refractivity contribution is 5.71. The second-order valence-corrected chi connectivity index (χ2v) is 10.6. The Morgan fingerprint density at radius 2 is 1.04 bits per heavy atom. The lowest BCUT2D eigenvalue weighted by Gasteiger charge is -2.22. The van der Waals surface area contributed by atoms with Crippen LogP contribution in [0.1, 0.15) is 92.9 Å². The van der Waals surface area contributed by atoms with Gasteiger partial charge in [-0.1, -0.05) is 0 Å². The van der Waals surface area contributed by atoms with Crippen molar-refractivity contribution in [2.75, 3.05) is 13.2 Å². The number of esters is 2. The summed E-state index contributed by atoms with van der Waals surface area (Å²) in [5.74, 6) is -0.205. The Bertz CT molecular complexity index is 482. The average Bonchev–Trinajstić information content (AvgIpc) is 3.34. The number of hydrogen-bond acceptors (Lipinski definition) is 5. The standard InChI is InChI=1S/C22H38O5/c1-19(2,3)26-17(23)15-21(7-8-21)11-13-25-14-12-22(9-10-22)16-18(24)27-20(4,5)6/h7-16H2,1-6H3. The van der Waals surface area contributed by atoms with Crippen LogP contribution in [0.4, 0.5) is 0 Å². The van der Waals surface area contributed by atoms with Gasteiger partial charge in [0.15, 0.2) is 0 Å². The van der Waals surface area contributed by atoms with Crippen LogP contribution in [-0.2, 0) is 23.8 Å². The molecule has 27 heavy (non-hydrogen) atoms. The van der Waals surface area contributed by atoms with Gasteiger partial charge in [-0.3, -0.25) is 9.59 Å². The molecule has 5 heteroatoms. The lowest BCUT2D eigenvalue weighted by molar-refractivity contribution is -0.157. The van der Waals surface area contributed by atoms with Crippen molar-refractivity contribution in [3.8, 4) is 0 Å². The van der Waals surface area contributed by atoms with Crippen molar-refractivity contribution in [2.24, 2.45) is 10.8 Å². The molecule has 2 aliphatic carbocycles. The third-order valence-corrected chi connectivity index (χ3v) is 5.35. The van der Waals surface area contributed by atoms with Crippen LogP contribution in [-0.4, -0.2) is 36.4 Å². The maximum Gasteiger partial charge on any atom is 0.306 e. The number of ether oxygens (including phenoxy) is 3. The van der Waals surface area contributed by atoms with Gasteiger partial charge in [0.25, 0.3) is 0 Å². The molecule has 0 aliphatic heterocycles. The minimum absolute atomic E-state index is 0.0934. The van der Waals surface area contributed by atoms with Crippen molar-refractivity contribution < 1.29 is 23.8 Å². The maximum absolute atomic E-state index is 12.0. The van der Waals surface area contributed by atoms with Gasteiger partial charge >= 0.3 is 11.9 Å². The molecule has 2 fully saturated rings. The molecule has 156 valence electrons.